The van der Waals surface area contributed by atoms with Crippen molar-refractivity contribution in [2.45, 2.75) is 53.2 Å². The molecule has 0 saturated heterocycles. The second-order valence-corrected chi connectivity index (χ2v) is 6.88. The van der Waals surface area contributed by atoms with Gasteiger partial charge in [0.1, 0.15) is 5.82 Å². The van der Waals surface area contributed by atoms with Crippen LogP contribution in [0, 0.1) is 24.1 Å². The Labute approximate surface area is 121 Å². The Morgan fingerprint density at radius 2 is 2.10 bits per heavy atom. The summed E-state index contributed by atoms with van der Waals surface area (Å²) < 4.78 is 19.5. The summed E-state index contributed by atoms with van der Waals surface area (Å²) in [6.45, 7) is 11.4. The number of rotatable bonds is 5. The molecule has 1 aliphatic carbocycles. The standard InChI is InChI=1S/C17H26FNO/c1-11(2)10-20-16-9-15(17(16,4)5)19-14-8-6-7-13(18)12(14)3/h6-8,11,15-16,19H,9-10H2,1-5H3. The second kappa shape index (κ2) is 5.72. The molecule has 1 fully saturated rings. The maximum atomic E-state index is 13.6. The number of hydrogen-bond donors (Lipinski definition) is 1. The SMILES string of the molecule is Cc1c(F)cccc1NC1CC(OCC(C)C)C1(C)C. The molecule has 1 aliphatic rings. The maximum absolute atomic E-state index is 13.6. The Kier molecular flexibility index (Phi) is 4.38. The average Bonchev–Trinajstić information content (AvgIpc) is 2.37. The van der Waals surface area contributed by atoms with E-state index < -0.39 is 0 Å². The molecule has 1 N–H and O–H groups in total. The van der Waals surface area contributed by atoms with E-state index in [1.165, 1.54) is 6.07 Å². The zero-order chi connectivity index (χ0) is 14.9. The molecule has 2 unspecified atom stereocenters. The van der Waals surface area contributed by atoms with Gasteiger partial charge < -0.3 is 10.1 Å². The molecule has 1 aromatic carbocycles. The van der Waals surface area contributed by atoms with Gasteiger partial charge in [-0.2, -0.15) is 0 Å². The maximum Gasteiger partial charge on any atom is 0.128 e. The van der Waals surface area contributed by atoms with Gasteiger partial charge in [0, 0.05) is 29.3 Å². The van der Waals surface area contributed by atoms with Crippen LogP contribution < -0.4 is 5.32 Å². The van der Waals surface area contributed by atoms with Crippen LogP contribution in [0.5, 0.6) is 0 Å². The van der Waals surface area contributed by atoms with Crippen molar-refractivity contribution in [3.05, 3.63) is 29.6 Å². The summed E-state index contributed by atoms with van der Waals surface area (Å²) in [5.41, 5.74) is 1.66. The lowest BCUT2D eigenvalue weighted by Gasteiger charge is -2.52. The van der Waals surface area contributed by atoms with E-state index in [2.05, 4.69) is 33.0 Å². The van der Waals surface area contributed by atoms with E-state index in [4.69, 9.17) is 4.74 Å². The first-order valence-electron chi connectivity index (χ1n) is 7.45. The van der Waals surface area contributed by atoms with Gasteiger partial charge in [0.2, 0.25) is 0 Å². The highest BCUT2D eigenvalue weighted by atomic mass is 19.1. The zero-order valence-corrected chi connectivity index (χ0v) is 13.2. The van der Waals surface area contributed by atoms with E-state index in [9.17, 15) is 4.39 Å². The van der Waals surface area contributed by atoms with E-state index in [0.717, 1.165) is 18.7 Å². The molecule has 20 heavy (non-hydrogen) atoms. The molecule has 0 aromatic heterocycles. The van der Waals surface area contributed by atoms with E-state index in [-0.39, 0.29) is 17.3 Å². The molecular weight excluding hydrogens is 253 g/mol. The van der Waals surface area contributed by atoms with E-state index >= 15 is 0 Å². The molecule has 2 rings (SSSR count). The van der Waals surface area contributed by atoms with Crippen LogP contribution in [0.1, 0.15) is 39.7 Å². The van der Waals surface area contributed by atoms with Crippen molar-refractivity contribution in [1.82, 2.24) is 0 Å². The molecular formula is C17H26FNO. The molecule has 1 aromatic rings. The van der Waals surface area contributed by atoms with Crippen molar-refractivity contribution in [3.63, 3.8) is 0 Å². The highest BCUT2D eigenvalue weighted by Crippen LogP contribution is 2.44. The Hall–Kier alpha value is -1.09. The lowest BCUT2D eigenvalue weighted by molar-refractivity contribution is -0.108. The van der Waals surface area contributed by atoms with E-state index in [1.807, 2.05) is 13.0 Å². The molecule has 0 aliphatic heterocycles. The van der Waals surface area contributed by atoms with Crippen molar-refractivity contribution < 1.29 is 9.13 Å². The molecule has 2 nitrogen and oxygen atoms in total. The van der Waals surface area contributed by atoms with Gasteiger partial charge in [-0.1, -0.05) is 33.8 Å². The van der Waals surface area contributed by atoms with Crippen LogP contribution in [0.15, 0.2) is 18.2 Å². The lowest BCUT2D eigenvalue weighted by Crippen LogP contribution is -2.58. The van der Waals surface area contributed by atoms with Gasteiger partial charge >= 0.3 is 0 Å². The van der Waals surface area contributed by atoms with Crippen molar-refractivity contribution in [2.24, 2.45) is 11.3 Å². The second-order valence-electron chi connectivity index (χ2n) is 6.88. The van der Waals surface area contributed by atoms with Crippen LogP contribution >= 0.6 is 0 Å². The molecule has 3 heteroatoms. The highest BCUT2D eigenvalue weighted by Gasteiger charge is 2.49. The summed E-state index contributed by atoms with van der Waals surface area (Å²) in [6, 6.07) is 5.53. The predicted molar refractivity (Wildman–Crippen MR) is 81.5 cm³/mol. The molecule has 1 saturated carbocycles. The van der Waals surface area contributed by atoms with Crippen molar-refractivity contribution in [2.75, 3.05) is 11.9 Å². The van der Waals surface area contributed by atoms with Crippen molar-refractivity contribution in [3.8, 4) is 0 Å². The fourth-order valence-corrected chi connectivity index (χ4v) is 2.67. The number of hydrogen-bond acceptors (Lipinski definition) is 2. The van der Waals surface area contributed by atoms with Crippen LogP contribution in [-0.2, 0) is 4.74 Å². The third kappa shape index (κ3) is 2.98. The molecule has 0 amide bonds. The number of ether oxygens (including phenoxy) is 1. The summed E-state index contributed by atoms with van der Waals surface area (Å²) in [5, 5.41) is 3.48. The van der Waals surface area contributed by atoms with E-state index in [1.54, 1.807) is 6.07 Å². The van der Waals surface area contributed by atoms with Gasteiger partial charge in [-0.25, -0.2) is 4.39 Å². The van der Waals surface area contributed by atoms with Crippen LogP contribution in [0.2, 0.25) is 0 Å². The van der Waals surface area contributed by atoms with E-state index in [0.29, 0.717) is 17.5 Å². The summed E-state index contributed by atoms with van der Waals surface area (Å²) in [5.74, 6) is 0.406. The average molecular weight is 279 g/mol. The van der Waals surface area contributed by atoms with Gasteiger partial charge in [0.05, 0.1) is 6.10 Å². The van der Waals surface area contributed by atoms with Gasteiger partial charge in [-0.3, -0.25) is 0 Å². The summed E-state index contributed by atoms with van der Waals surface area (Å²) in [6.07, 6.45) is 1.27. The Balaban J connectivity index is 1.97. The summed E-state index contributed by atoms with van der Waals surface area (Å²) in [7, 11) is 0. The molecule has 0 spiro atoms. The monoisotopic (exact) mass is 279 g/mol. The number of halogens is 1. The van der Waals surface area contributed by atoms with Crippen molar-refractivity contribution in [1.29, 1.82) is 0 Å². The minimum absolute atomic E-state index is 0.0770. The number of benzene rings is 1. The van der Waals surface area contributed by atoms with Crippen LogP contribution in [0.25, 0.3) is 0 Å². The fourth-order valence-electron chi connectivity index (χ4n) is 2.67. The Morgan fingerprint density at radius 3 is 2.70 bits per heavy atom. The Morgan fingerprint density at radius 1 is 1.40 bits per heavy atom. The first-order valence-corrected chi connectivity index (χ1v) is 7.45. The topological polar surface area (TPSA) is 21.3 Å². The highest BCUT2D eigenvalue weighted by molar-refractivity contribution is 5.52. The number of nitrogens with one attached hydrogen (secondary N) is 1. The zero-order valence-electron chi connectivity index (χ0n) is 13.2. The molecule has 2 atom stereocenters. The molecule has 112 valence electrons. The van der Waals surface area contributed by atoms with Crippen LogP contribution in [0.4, 0.5) is 10.1 Å². The minimum Gasteiger partial charge on any atom is -0.381 e. The van der Waals surface area contributed by atoms with Gasteiger partial charge in [-0.05, 0) is 31.4 Å². The minimum atomic E-state index is -0.153. The third-order valence-electron chi connectivity index (χ3n) is 4.41. The normalized spacial score (nSPS) is 24.6. The lowest BCUT2D eigenvalue weighted by atomic mass is 9.64. The van der Waals surface area contributed by atoms with Gasteiger partial charge in [-0.15, -0.1) is 0 Å². The van der Waals surface area contributed by atoms with Gasteiger partial charge in [0.25, 0.3) is 0 Å². The predicted octanol–water partition coefficient (Wildman–Crippen LogP) is 4.39. The third-order valence-corrected chi connectivity index (χ3v) is 4.41. The first-order chi connectivity index (χ1) is 9.32. The molecule has 0 heterocycles. The Bertz CT molecular complexity index is 470. The smallest absolute Gasteiger partial charge is 0.128 e. The molecule has 0 bridgehead atoms. The summed E-state index contributed by atoms with van der Waals surface area (Å²) >= 11 is 0. The number of anilines is 1. The molecule has 0 radical (unpaired) electrons. The van der Waals surface area contributed by atoms with Crippen LogP contribution in [-0.4, -0.2) is 18.8 Å². The van der Waals surface area contributed by atoms with Crippen molar-refractivity contribution >= 4 is 5.69 Å². The fraction of sp³-hybridized carbons (Fsp3) is 0.647. The van der Waals surface area contributed by atoms with Crippen LogP contribution in [0.3, 0.4) is 0 Å². The summed E-state index contributed by atoms with van der Waals surface area (Å²) in [4.78, 5) is 0. The first kappa shape index (κ1) is 15.3. The van der Waals surface area contributed by atoms with Gasteiger partial charge in [0.15, 0.2) is 0 Å². The largest absolute Gasteiger partial charge is 0.381 e. The quantitative estimate of drug-likeness (QED) is 0.863.